The van der Waals surface area contributed by atoms with Crippen LogP contribution in [0.2, 0.25) is 0 Å². The van der Waals surface area contributed by atoms with Gasteiger partial charge in [-0.3, -0.25) is 9.79 Å². The van der Waals surface area contributed by atoms with Crippen LogP contribution in [0.3, 0.4) is 0 Å². The number of methoxy groups -OCH3 is 1. The van der Waals surface area contributed by atoms with E-state index >= 15 is 0 Å². The van der Waals surface area contributed by atoms with Crippen LogP contribution in [-0.2, 0) is 4.79 Å². The van der Waals surface area contributed by atoms with Crippen LogP contribution in [0, 0.1) is 5.82 Å². The predicted molar refractivity (Wildman–Crippen MR) is 92.4 cm³/mol. The lowest BCUT2D eigenvalue weighted by Gasteiger charge is -2.10. The SMILES string of the molecule is CCC(C)N=C(N=C(C)SCC(=O)O)c1cc(OC)ccc1F. The number of hydrogen-bond acceptors (Lipinski definition) is 4. The van der Waals surface area contributed by atoms with E-state index in [0.29, 0.717) is 10.8 Å². The summed E-state index contributed by atoms with van der Waals surface area (Å²) in [6, 6.07) is 4.33. The average Bonchev–Trinajstić information content (AvgIpc) is 2.52. The van der Waals surface area contributed by atoms with E-state index in [-0.39, 0.29) is 23.2 Å². The van der Waals surface area contributed by atoms with E-state index < -0.39 is 11.8 Å². The van der Waals surface area contributed by atoms with Gasteiger partial charge in [0, 0.05) is 6.04 Å². The molecule has 0 saturated heterocycles. The Hall–Kier alpha value is -1.89. The van der Waals surface area contributed by atoms with Crippen molar-refractivity contribution in [1.82, 2.24) is 0 Å². The van der Waals surface area contributed by atoms with Gasteiger partial charge < -0.3 is 9.84 Å². The molecular weight excluding hydrogens is 319 g/mol. The second-order valence-electron chi connectivity index (χ2n) is 4.87. The number of ether oxygens (including phenoxy) is 1. The van der Waals surface area contributed by atoms with Gasteiger partial charge in [0.15, 0.2) is 5.84 Å². The number of carbonyl (C=O) groups is 1. The van der Waals surface area contributed by atoms with E-state index in [1.165, 1.54) is 25.3 Å². The van der Waals surface area contributed by atoms with Crippen LogP contribution < -0.4 is 4.74 Å². The molecule has 1 atom stereocenters. The molecule has 0 heterocycles. The molecule has 0 aromatic heterocycles. The first-order valence-electron chi connectivity index (χ1n) is 7.19. The highest BCUT2D eigenvalue weighted by molar-refractivity contribution is 8.14. The largest absolute Gasteiger partial charge is 0.497 e. The zero-order valence-corrected chi connectivity index (χ0v) is 14.5. The Kier molecular flexibility index (Phi) is 7.74. The summed E-state index contributed by atoms with van der Waals surface area (Å²) in [5.41, 5.74) is 0.236. The summed E-state index contributed by atoms with van der Waals surface area (Å²) in [5.74, 6) is -0.743. The molecule has 0 radical (unpaired) electrons. The zero-order valence-electron chi connectivity index (χ0n) is 13.7. The van der Waals surface area contributed by atoms with Gasteiger partial charge in [0.2, 0.25) is 0 Å². The summed E-state index contributed by atoms with van der Waals surface area (Å²) in [4.78, 5) is 19.4. The van der Waals surface area contributed by atoms with E-state index in [0.717, 1.165) is 18.2 Å². The predicted octanol–water partition coefficient (Wildman–Crippen LogP) is 3.62. The summed E-state index contributed by atoms with van der Waals surface area (Å²) in [7, 11) is 1.50. The molecule has 0 spiro atoms. The second kappa shape index (κ2) is 9.29. The highest BCUT2D eigenvalue weighted by atomic mass is 32.2. The Morgan fingerprint density at radius 3 is 2.74 bits per heavy atom. The minimum Gasteiger partial charge on any atom is -0.497 e. The quantitative estimate of drug-likeness (QED) is 0.634. The summed E-state index contributed by atoms with van der Waals surface area (Å²) in [6.07, 6.45) is 0.784. The standard InChI is InChI=1S/C16H21FN2O3S/c1-5-10(2)18-16(19-11(3)23-9-15(20)21)13-8-12(22-4)6-7-14(13)17/h6-8,10H,5,9H2,1-4H3,(H,20,21). The fourth-order valence-corrected chi connectivity index (χ4v) is 2.09. The van der Waals surface area contributed by atoms with Crippen LogP contribution in [0.25, 0.3) is 0 Å². The number of benzene rings is 1. The van der Waals surface area contributed by atoms with Crippen molar-refractivity contribution in [2.45, 2.75) is 33.2 Å². The molecule has 0 fully saturated rings. The van der Waals surface area contributed by atoms with E-state index in [9.17, 15) is 9.18 Å². The minimum atomic E-state index is -0.933. The Labute approximate surface area is 139 Å². The second-order valence-corrected chi connectivity index (χ2v) is 6.04. The lowest BCUT2D eigenvalue weighted by atomic mass is 10.1. The first kappa shape index (κ1) is 19.2. The average molecular weight is 340 g/mol. The molecule has 0 aliphatic rings. The third-order valence-electron chi connectivity index (χ3n) is 3.02. The monoisotopic (exact) mass is 340 g/mol. The molecule has 0 aliphatic heterocycles. The van der Waals surface area contributed by atoms with E-state index in [1.807, 2.05) is 13.8 Å². The topological polar surface area (TPSA) is 71.2 Å². The molecule has 1 aromatic rings. The number of hydrogen-bond donors (Lipinski definition) is 1. The number of thioether (sulfide) groups is 1. The van der Waals surface area contributed by atoms with Crippen LogP contribution in [-0.4, -0.2) is 40.9 Å². The fraction of sp³-hybridized carbons (Fsp3) is 0.438. The molecule has 1 unspecified atom stereocenters. The van der Waals surface area contributed by atoms with Crippen molar-refractivity contribution in [3.8, 4) is 5.75 Å². The molecule has 0 amide bonds. The van der Waals surface area contributed by atoms with Crippen molar-refractivity contribution in [2.24, 2.45) is 9.98 Å². The normalized spacial score (nSPS) is 13.8. The van der Waals surface area contributed by atoms with Crippen molar-refractivity contribution >= 4 is 28.6 Å². The zero-order chi connectivity index (χ0) is 17.4. The van der Waals surface area contributed by atoms with Gasteiger partial charge in [0.1, 0.15) is 11.6 Å². The summed E-state index contributed by atoms with van der Waals surface area (Å²) in [5, 5.41) is 9.24. The Morgan fingerprint density at radius 2 is 2.17 bits per heavy atom. The molecule has 0 bridgehead atoms. The van der Waals surface area contributed by atoms with Gasteiger partial charge in [0.25, 0.3) is 0 Å². The number of amidine groups is 1. The van der Waals surface area contributed by atoms with Crippen LogP contribution >= 0.6 is 11.8 Å². The molecule has 7 heteroatoms. The van der Waals surface area contributed by atoms with Crippen molar-refractivity contribution in [3.05, 3.63) is 29.6 Å². The van der Waals surface area contributed by atoms with Crippen molar-refractivity contribution < 1.29 is 19.0 Å². The molecule has 1 aromatic carbocycles. The van der Waals surface area contributed by atoms with E-state index in [4.69, 9.17) is 9.84 Å². The highest BCUT2D eigenvalue weighted by Crippen LogP contribution is 2.19. The third-order valence-corrected chi connectivity index (χ3v) is 3.92. The van der Waals surface area contributed by atoms with Gasteiger partial charge in [-0.15, -0.1) is 0 Å². The Balaban J connectivity index is 3.23. The lowest BCUT2D eigenvalue weighted by molar-refractivity contribution is -0.133. The van der Waals surface area contributed by atoms with Crippen LogP contribution in [0.15, 0.2) is 28.2 Å². The number of aliphatic carboxylic acids is 1. The summed E-state index contributed by atoms with van der Waals surface area (Å²) >= 11 is 1.07. The van der Waals surface area contributed by atoms with Crippen molar-refractivity contribution in [1.29, 1.82) is 0 Å². The van der Waals surface area contributed by atoms with E-state index in [1.54, 1.807) is 6.92 Å². The number of carboxylic acids is 1. The molecule has 5 nitrogen and oxygen atoms in total. The molecular formula is C16H21FN2O3S. The van der Waals surface area contributed by atoms with Gasteiger partial charge in [0.05, 0.1) is 23.5 Å². The van der Waals surface area contributed by atoms with Crippen LogP contribution in [0.5, 0.6) is 5.75 Å². The van der Waals surface area contributed by atoms with Crippen LogP contribution in [0.1, 0.15) is 32.8 Å². The maximum Gasteiger partial charge on any atom is 0.313 e. The number of halogens is 1. The molecule has 23 heavy (non-hydrogen) atoms. The minimum absolute atomic E-state index is 0.0309. The molecule has 0 aliphatic carbocycles. The summed E-state index contributed by atoms with van der Waals surface area (Å²) in [6.45, 7) is 5.56. The molecule has 126 valence electrons. The first-order chi connectivity index (χ1) is 10.9. The highest BCUT2D eigenvalue weighted by Gasteiger charge is 2.13. The maximum atomic E-state index is 14.2. The van der Waals surface area contributed by atoms with Gasteiger partial charge in [-0.1, -0.05) is 18.7 Å². The number of nitrogens with zero attached hydrogens (tertiary/aromatic N) is 2. The smallest absolute Gasteiger partial charge is 0.313 e. The fourth-order valence-electron chi connectivity index (χ4n) is 1.61. The first-order valence-corrected chi connectivity index (χ1v) is 8.17. The number of aliphatic imine (C=N–C) groups is 2. The third kappa shape index (κ3) is 6.40. The molecule has 0 saturated carbocycles. The lowest BCUT2D eigenvalue weighted by Crippen LogP contribution is -2.09. The number of carboxylic acid groups (broad SMARTS) is 1. The molecule has 1 N–H and O–H groups in total. The van der Waals surface area contributed by atoms with Crippen molar-refractivity contribution in [3.63, 3.8) is 0 Å². The Bertz CT molecular complexity index is 617. The van der Waals surface area contributed by atoms with Crippen molar-refractivity contribution in [2.75, 3.05) is 12.9 Å². The van der Waals surface area contributed by atoms with E-state index in [2.05, 4.69) is 9.98 Å². The Morgan fingerprint density at radius 1 is 1.48 bits per heavy atom. The van der Waals surface area contributed by atoms with Gasteiger partial charge in [-0.2, -0.15) is 0 Å². The molecule has 1 rings (SSSR count). The van der Waals surface area contributed by atoms with Gasteiger partial charge >= 0.3 is 5.97 Å². The van der Waals surface area contributed by atoms with Gasteiger partial charge in [-0.05, 0) is 38.5 Å². The number of rotatable bonds is 6. The van der Waals surface area contributed by atoms with Gasteiger partial charge in [-0.25, -0.2) is 9.38 Å². The van der Waals surface area contributed by atoms with Crippen LogP contribution in [0.4, 0.5) is 4.39 Å². The maximum absolute atomic E-state index is 14.2. The summed E-state index contributed by atoms with van der Waals surface area (Å²) < 4.78 is 19.3.